The molecular formula is C22H29NS. The lowest BCUT2D eigenvalue weighted by Crippen LogP contribution is -2.27. The third-order valence-electron chi connectivity index (χ3n) is 5.57. The molecule has 4 rings (SSSR count). The van der Waals surface area contributed by atoms with Crippen LogP contribution in [0.1, 0.15) is 55.0 Å². The minimum Gasteiger partial charge on any atom is -0.326 e. The smallest absolute Gasteiger partial charge is 0.0714 e. The van der Waals surface area contributed by atoms with Gasteiger partial charge in [0, 0.05) is 11.6 Å². The van der Waals surface area contributed by atoms with Crippen LogP contribution in [-0.2, 0) is 11.8 Å². The maximum absolute atomic E-state index is 2.76. The Morgan fingerprint density at radius 1 is 0.958 bits per heavy atom. The van der Waals surface area contributed by atoms with Gasteiger partial charge in [-0.3, -0.25) is 0 Å². The van der Waals surface area contributed by atoms with Crippen LogP contribution in [0.2, 0.25) is 0 Å². The molecule has 2 aromatic rings. The Bertz CT molecular complexity index is 794. The van der Waals surface area contributed by atoms with Gasteiger partial charge in [-0.15, -0.1) is 0 Å². The molecule has 0 radical (unpaired) electrons. The van der Waals surface area contributed by atoms with E-state index in [4.69, 9.17) is 0 Å². The summed E-state index contributed by atoms with van der Waals surface area (Å²) in [6.07, 6.45) is 8.47. The summed E-state index contributed by atoms with van der Waals surface area (Å²) in [6.45, 7) is 6.95. The van der Waals surface area contributed by atoms with E-state index in [0.29, 0.717) is 12.0 Å². The number of nitrogens with zero attached hydrogens (tertiary/aromatic N) is 1. The SMILES string of the molecule is CC(C)(C)c1ccc2c(c1)C1Cc3ccccc3C1N2S(C)(C)C. The van der Waals surface area contributed by atoms with Crippen molar-refractivity contribution in [1.29, 1.82) is 0 Å². The highest BCUT2D eigenvalue weighted by Gasteiger charge is 2.47. The second-order valence-corrected chi connectivity index (χ2v) is 13.0. The zero-order chi connectivity index (χ0) is 17.3. The van der Waals surface area contributed by atoms with E-state index in [0.717, 1.165) is 0 Å². The minimum absolute atomic E-state index is 0.206. The Morgan fingerprint density at radius 3 is 2.33 bits per heavy atom. The molecule has 1 heterocycles. The fourth-order valence-electron chi connectivity index (χ4n) is 4.45. The first kappa shape index (κ1) is 16.1. The zero-order valence-corrected chi connectivity index (χ0v) is 16.6. The third-order valence-corrected chi connectivity index (χ3v) is 7.17. The van der Waals surface area contributed by atoms with Crippen molar-refractivity contribution in [3.63, 3.8) is 0 Å². The van der Waals surface area contributed by atoms with Crippen LogP contribution in [0.4, 0.5) is 5.69 Å². The van der Waals surface area contributed by atoms with Gasteiger partial charge in [0.15, 0.2) is 0 Å². The van der Waals surface area contributed by atoms with Crippen molar-refractivity contribution < 1.29 is 0 Å². The molecule has 0 saturated carbocycles. The van der Waals surface area contributed by atoms with Gasteiger partial charge in [0.25, 0.3) is 0 Å². The Balaban J connectivity index is 1.90. The third kappa shape index (κ3) is 2.30. The van der Waals surface area contributed by atoms with E-state index in [1.807, 2.05) is 0 Å². The standard InChI is InChI=1S/C22H29NS/c1-22(2,3)16-11-12-20-18(14-16)19-13-15-9-7-8-10-17(15)21(19)23(20)24(4,5)6/h7-12,14,19,21H,13H2,1-6H3. The molecule has 0 amide bonds. The quantitative estimate of drug-likeness (QED) is 0.635. The summed E-state index contributed by atoms with van der Waals surface area (Å²) < 4.78 is 2.76. The van der Waals surface area contributed by atoms with Crippen LogP contribution in [0.15, 0.2) is 42.5 Å². The summed E-state index contributed by atoms with van der Waals surface area (Å²) in [7, 11) is -0.828. The lowest BCUT2D eigenvalue weighted by molar-refractivity contribution is 0.587. The van der Waals surface area contributed by atoms with Crippen LogP contribution in [0, 0.1) is 0 Å². The van der Waals surface area contributed by atoms with E-state index in [1.165, 1.54) is 17.7 Å². The van der Waals surface area contributed by atoms with E-state index in [1.54, 1.807) is 16.7 Å². The van der Waals surface area contributed by atoms with E-state index in [-0.39, 0.29) is 5.41 Å². The van der Waals surface area contributed by atoms with Crippen LogP contribution in [0.25, 0.3) is 0 Å². The Labute approximate surface area is 148 Å². The predicted molar refractivity (Wildman–Crippen MR) is 109 cm³/mol. The molecule has 0 fully saturated rings. The van der Waals surface area contributed by atoms with Gasteiger partial charge in [-0.2, -0.15) is 10.2 Å². The van der Waals surface area contributed by atoms with Crippen molar-refractivity contribution in [3.8, 4) is 0 Å². The van der Waals surface area contributed by atoms with Gasteiger partial charge in [0.2, 0.25) is 0 Å². The van der Waals surface area contributed by atoms with Gasteiger partial charge in [-0.25, -0.2) is 0 Å². The fourth-order valence-corrected chi connectivity index (χ4v) is 6.15. The lowest BCUT2D eigenvalue weighted by Gasteiger charge is -2.44. The first-order chi connectivity index (χ1) is 11.2. The monoisotopic (exact) mass is 339 g/mol. The van der Waals surface area contributed by atoms with Crippen LogP contribution in [-0.4, -0.2) is 18.8 Å². The zero-order valence-electron chi connectivity index (χ0n) is 15.8. The first-order valence-corrected chi connectivity index (χ1v) is 11.7. The average Bonchev–Trinajstić information content (AvgIpc) is 2.99. The Hall–Kier alpha value is -1.41. The highest BCUT2D eigenvalue weighted by atomic mass is 32.3. The van der Waals surface area contributed by atoms with Gasteiger partial charge >= 0.3 is 0 Å². The van der Waals surface area contributed by atoms with Crippen LogP contribution in [0.5, 0.6) is 0 Å². The van der Waals surface area contributed by atoms with E-state index in [2.05, 4.69) is 86.3 Å². The summed E-state index contributed by atoms with van der Waals surface area (Å²) in [5, 5.41) is 0. The second kappa shape index (κ2) is 5.05. The van der Waals surface area contributed by atoms with Crippen molar-refractivity contribution in [2.45, 2.75) is 44.6 Å². The maximum atomic E-state index is 2.76. The summed E-state index contributed by atoms with van der Waals surface area (Å²) in [5.74, 6) is 0.617. The van der Waals surface area contributed by atoms with E-state index >= 15 is 0 Å². The largest absolute Gasteiger partial charge is 0.326 e. The van der Waals surface area contributed by atoms with Crippen molar-refractivity contribution in [2.75, 3.05) is 23.1 Å². The molecular weight excluding hydrogens is 310 g/mol. The Kier molecular flexibility index (Phi) is 3.38. The van der Waals surface area contributed by atoms with Crippen LogP contribution < -0.4 is 4.31 Å². The number of fused-ring (bicyclic) bond motifs is 5. The molecule has 2 aromatic carbocycles. The summed E-state index contributed by atoms with van der Waals surface area (Å²) in [4.78, 5) is 0. The normalized spacial score (nSPS) is 23.0. The van der Waals surface area contributed by atoms with Crippen molar-refractivity contribution in [1.82, 2.24) is 0 Å². The Morgan fingerprint density at radius 2 is 1.67 bits per heavy atom. The molecule has 1 aliphatic heterocycles. The molecule has 0 N–H and O–H groups in total. The van der Waals surface area contributed by atoms with Gasteiger partial charge in [-0.1, -0.05) is 57.2 Å². The van der Waals surface area contributed by atoms with Gasteiger partial charge in [0.05, 0.1) is 6.04 Å². The fraction of sp³-hybridized carbons (Fsp3) is 0.455. The first-order valence-electron chi connectivity index (χ1n) is 8.88. The topological polar surface area (TPSA) is 3.24 Å². The molecule has 2 heteroatoms. The van der Waals surface area contributed by atoms with Crippen LogP contribution in [0.3, 0.4) is 0 Å². The highest BCUT2D eigenvalue weighted by Crippen LogP contribution is 2.63. The van der Waals surface area contributed by atoms with Gasteiger partial charge in [-0.05, 0) is 58.9 Å². The molecule has 0 bridgehead atoms. The number of rotatable bonds is 1. The molecule has 128 valence electrons. The van der Waals surface area contributed by atoms with E-state index in [9.17, 15) is 0 Å². The average molecular weight is 340 g/mol. The molecule has 0 saturated heterocycles. The van der Waals surface area contributed by atoms with Crippen LogP contribution >= 0.6 is 10.2 Å². The minimum atomic E-state index is -0.828. The number of hydrogen-bond donors (Lipinski definition) is 0. The summed E-state index contributed by atoms with van der Waals surface area (Å²) in [6, 6.07) is 16.9. The number of anilines is 1. The van der Waals surface area contributed by atoms with E-state index < -0.39 is 10.2 Å². The number of benzene rings is 2. The molecule has 24 heavy (non-hydrogen) atoms. The molecule has 0 spiro atoms. The summed E-state index contributed by atoms with van der Waals surface area (Å²) >= 11 is 0. The molecule has 2 aliphatic rings. The van der Waals surface area contributed by atoms with Gasteiger partial charge < -0.3 is 4.31 Å². The maximum Gasteiger partial charge on any atom is 0.0714 e. The molecule has 2 atom stereocenters. The summed E-state index contributed by atoms with van der Waals surface area (Å²) in [5.41, 5.74) is 7.83. The predicted octanol–water partition coefficient (Wildman–Crippen LogP) is 5.79. The second-order valence-electron chi connectivity index (χ2n) is 9.08. The molecule has 0 aromatic heterocycles. The van der Waals surface area contributed by atoms with Crippen molar-refractivity contribution >= 4 is 15.9 Å². The highest BCUT2D eigenvalue weighted by molar-refractivity contribution is 8.33. The number of hydrogen-bond acceptors (Lipinski definition) is 1. The van der Waals surface area contributed by atoms with Crippen molar-refractivity contribution in [2.24, 2.45) is 0 Å². The van der Waals surface area contributed by atoms with Gasteiger partial charge in [0.1, 0.15) is 0 Å². The lowest BCUT2D eigenvalue weighted by atomic mass is 9.84. The molecule has 1 aliphatic carbocycles. The molecule has 2 unspecified atom stereocenters. The molecule has 1 nitrogen and oxygen atoms in total. The van der Waals surface area contributed by atoms with Crippen molar-refractivity contribution in [3.05, 3.63) is 64.7 Å².